The van der Waals surface area contributed by atoms with Crippen LogP contribution >= 0.6 is 9.24 Å². The average molecular weight is 168 g/mol. The summed E-state index contributed by atoms with van der Waals surface area (Å²) in [5.41, 5.74) is 1.47. The van der Waals surface area contributed by atoms with Gasteiger partial charge in [0.1, 0.15) is 5.52 Å². The Morgan fingerprint density at radius 3 is 3.09 bits per heavy atom. The average Bonchev–Trinajstić information content (AvgIpc) is 1.85. The zero-order valence-electron chi connectivity index (χ0n) is 6.71. The van der Waals surface area contributed by atoms with Crippen LogP contribution in [0.25, 0.3) is 0 Å². The highest BCUT2D eigenvalue weighted by Gasteiger charge is 2.09. The van der Waals surface area contributed by atoms with Gasteiger partial charge in [-0.05, 0) is 19.3 Å². The molecule has 0 saturated carbocycles. The molecule has 11 heavy (non-hydrogen) atoms. The Kier molecular flexibility index (Phi) is 3.02. The maximum absolute atomic E-state index is 10.7. The van der Waals surface area contributed by atoms with Crippen LogP contribution in [0.3, 0.4) is 0 Å². The number of hydrogen-bond donors (Lipinski definition) is 0. The highest BCUT2D eigenvalue weighted by molar-refractivity contribution is 7.40. The van der Waals surface area contributed by atoms with Crippen molar-refractivity contribution in [1.82, 2.24) is 0 Å². The Morgan fingerprint density at radius 1 is 1.82 bits per heavy atom. The normalized spacial score (nSPS) is 23.1. The molecule has 0 aromatic carbocycles. The summed E-state index contributed by atoms with van der Waals surface area (Å²) in [5.74, 6) is 0.435. The van der Waals surface area contributed by atoms with E-state index in [1.165, 1.54) is 5.57 Å². The molecule has 0 amide bonds. The summed E-state index contributed by atoms with van der Waals surface area (Å²) >= 11 is 0. The molecule has 1 aliphatic rings. The second-order valence-corrected chi connectivity index (χ2v) is 3.62. The molecule has 2 unspecified atom stereocenters. The van der Waals surface area contributed by atoms with E-state index < -0.39 is 0 Å². The van der Waals surface area contributed by atoms with Crippen LogP contribution in [0.4, 0.5) is 0 Å². The minimum atomic E-state index is 0.203. The van der Waals surface area contributed by atoms with E-state index in [9.17, 15) is 4.79 Å². The van der Waals surface area contributed by atoms with Crippen LogP contribution in [0.1, 0.15) is 19.8 Å². The van der Waals surface area contributed by atoms with E-state index in [4.69, 9.17) is 0 Å². The molecule has 60 valence electrons. The largest absolute Gasteiger partial charge is 0.295 e. The highest BCUT2D eigenvalue weighted by Crippen LogP contribution is 2.20. The maximum atomic E-state index is 10.7. The van der Waals surface area contributed by atoms with Crippen molar-refractivity contribution < 1.29 is 4.79 Å². The Bertz CT molecular complexity index is 216. The van der Waals surface area contributed by atoms with Gasteiger partial charge in [-0.3, -0.25) is 4.79 Å². The maximum Gasteiger partial charge on any atom is 0.148 e. The second kappa shape index (κ2) is 3.82. The Morgan fingerprint density at radius 2 is 2.55 bits per heavy atom. The minimum Gasteiger partial charge on any atom is -0.295 e. The lowest BCUT2D eigenvalue weighted by Gasteiger charge is -2.12. The number of carbonyl (C=O) groups is 1. The van der Waals surface area contributed by atoms with Crippen LogP contribution in [0.15, 0.2) is 23.8 Å². The van der Waals surface area contributed by atoms with Gasteiger partial charge in [0, 0.05) is 6.42 Å². The van der Waals surface area contributed by atoms with E-state index in [2.05, 4.69) is 34.4 Å². The SMILES string of the molecule is CC1=CC(CC(=O)P)CC=C1. The Labute approximate surface area is 69.8 Å². The van der Waals surface area contributed by atoms with Gasteiger partial charge < -0.3 is 0 Å². The van der Waals surface area contributed by atoms with E-state index in [1.807, 2.05) is 0 Å². The molecule has 0 heterocycles. The predicted molar refractivity (Wildman–Crippen MR) is 50.3 cm³/mol. The van der Waals surface area contributed by atoms with Crippen molar-refractivity contribution in [3.05, 3.63) is 23.8 Å². The van der Waals surface area contributed by atoms with Gasteiger partial charge in [-0.1, -0.05) is 33.0 Å². The quantitative estimate of drug-likeness (QED) is 0.578. The summed E-state index contributed by atoms with van der Waals surface area (Å²) in [6, 6.07) is 0. The third kappa shape index (κ3) is 2.98. The summed E-state index contributed by atoms with van der Waals surface area (Å²) < 4.78 is 0. The standard InChI is InChI=1S/C9H13OP/c1-7-3-2-4-8(5-7)6-9(10)11/h2-3,5,8H,4,6,11H2,1H3. The summed E-state index contributed by atoms with van der Waals surface area (Å²) in [5, 5.41) is 0. The Balaban J connectivity index is 2.50. The van der Waals surface area contributed by atoms with Crippen molar-refractivity contribution in [3.63, 3.8) is 0 Å². The van der Waals surface area contributed by atoms with E-state index in [0.717, 1.165) is 6.42 Å². The molecule has 0 fully saturated rings. The molecule has 0 bridgehead atoms. The van der Waals surface area contributed by atoms with Crippen LogP contribution in [0, 0.1) is 5.92 Å². The van der Waals surface area contributed by atoms with Crippen LogP contribution in [0.2, 0.25) is 0 Å². The first kappa shape index (κ1) is 8.67. The van der Waals surface area contributed by atoms with Gasteiger partial charge >= 0.3 is 0 Å². The summed E-state index contributed by atoms with van der Waals surface area (Å²) in [4.78, 5) is 10.7. The van der Waals surface area contributed by atoms with Crippen LogP contribution in [-0.4, -0.2) is 5.52 Å². The van der Waals surface area contributed by atoms with Gasteiger partial charge in [-0.25, -0.2) is 0 Å². The van der Waals surface area contributed by atoms with Gasteiger partial charge in [0.25, 0.3) is 0 Å². The summed E-state index contributed by atoms with van der Waals surface area (Å²) in [6.45, 7) is 2.07. The van der Waals surface area contributed by atoms with Gasteiger partial charge in [0.15, 0.2) is 0 Å². The number of rotatable bonds is 2. The number of hydrogen-bond acceptors (Lipinski definition) is 1. The fourth-order valence-corrected chi connectivity index (χ4v) is 1.63. The fraction of sp³-hybridized carbons (Fsp3) is 0.444. The molecule has 0 spiro atoms. The summed E-state index contributed by atoms with van der Waals surface area (Å²) in [7, 11) is 2.22. The first-order valence-electron chi connectivity index (χ1n) is 3.82. The molecular weight excluding hydrogens is 155 g/mol. The monoisotopic (exact) mass is 168 g/mol. The molecule has 0 aliphatic heterocycles. The van der Waals surface area contributed by atoms with Crippen molar-refractivity contribution in [2.45, 2.75) is 19.8 Å². The van der Waals surface area contributed by atoms with Crippen molar-refractivity contribution in [3.8, 4) is 0 Å². The zero-order chi connectivity index (χ0) is 8.27. The summed E-state index contributed by atoms with van der Waals surface area (Å²) in [6.07, 6.45) is 8.07. The molecule has 0 N–H and O–H groups in total. The molecular formula is C9H13OP. The minimum absolute atomic E-state index is 0.203. The molecule has 2 heteroatoms. The van der Waals surface area contributed by atoms with Crippen LogP contribution in [-0.2, 0) is 4.79 Å². The first-order chi connectivity index (χ1) is 5.18. The lowest BCUT2D eigenvalue weighted by Crippen LogP contribution is -2.02. The number of allylic oxidation sites excluding steroid dienone is 4. The molecule has 1 rings (SSSR count). The van der Waals surface area contributed by atoms with Crippen LogP contribution < -0.4 is 0 Å². The van der Waals surface area contributed by atoms with Gasteiger partial charge in [0.05, 0.1) is 0 Å². The molecule has 0 aromatic rings. The highest BCUT2D eigenvalue weighted by atomic mass is 31.0. The van der Waals surface area contributed by atoms with Gasteiger partial charge in [-0.15, -0.1) is 0 Å². The van der Waals surface area contributed by atoms with Crippen molar-refractivity contribution in [2.24, 2.45) is 5.92 Å². The van der Waals surface area contributed by atoms with E-state index in [-0.39, 0.29) is 5.52 Å². The van der Waals surface area contributed by atoms with E-state index in [0.29, 0.717) is 12.3 Å². The molecule has 1 nitrogen and oxygen atoms in total. The molecule has 2 atom stereocenters. The smallest absolute Gasteiger partial charge is 0.148 e. The Hall–Kier alpha value is -0.420. The third-order valence-corrected chi connectivity index (χ3v) is 2.02. The zero-order valence-corrected chi connectivity index (χ0v) is 7.86. The lowest BCUT2D eigenvalue weighted by atomic mass is 9.94. The fourth-order valence-electron chi connectivity index (χ4n) is 1.32. The van der Waals surface area contributed by atoms with Crippen molar-refractivity contribution in [2.75, 3.05) is 0 Å². The van der Waals surface area contributed by atoms with Crippen LogP contribution in [0.5, 0.6) is 0 Å². The van der Waals surface area contributed by atoms with Gasteiger partial charge in [0.2, 0.25) is 0 Å². The van der Waals surface area contributed by atoms with Gasteiger partial charge in [-0.2, -0.15) is 0 Å². The second-order valence-electron chi connectivity index (χ2n) is 2.98. The van der Waals surface area contributed by atoms with Crippen molar-refractivity contribution >= 4 is 14.8 Å². The predicted octanol–water partition coefficient (Wildman–Crippen LogP) is 2.30. The lowest BCUT2D eigenvalue weighted by molar-refractivity contribution is -0.111. The number of carbonyl (C=O) groups excluding carboxylic acids is 1. The molecule has 0 radical (unpaired) electrons. The van der Waals surface area contributed by atoms with E-state index >= 15 is 0 Å². The van der Waals surface area contributed by atoms with E-state index in [1.54, 1.807) is 0 Å². The topological polar surface area (TPSA) is 17.1 Å². The molecule has 0 aromatic heterocycles. The molecule has 1 aliphatic carbocycles. The third-order valence-electron chi connectivity index (χ3n) is 1.78. The van der Waals surface area contributed by atoms with Crippen molar-refractivity contribution in [1.29, 1.82) is 0 Å². The molecule has 0 saturated heterocycles. The first-order valence-corrected chi connectivity index (χ1v) is 4.39.